The third-order valence-electron chi connectivity index (χ3n) is 4.90. The van der Waals surface area contributed by atoms with E-state index in [1.165, 1.54) is 0 Å². The summed E-state index contributed by atoms with van der Waals surface area (Å²) in [6.45, 7) is 1.03. The fourth-order valence-electron chi connectivity index (χ4n) is 3.41. The van der Waals surface area contributed by atoms with Gasteiger partial charge in [0.1, 0.15) is 6.54 Å². The monoisotopic (exact) mass is 408 g/mol. The molecule has 0 radical (unpaired) electrons. The van der Waals surface area contributed by atoms with Gasteiger partial charge in [0, 0.05) is 5.56 Å². The SMILES string of the molecule is CCC[C@H](NC(=O)COC(=O)CN1C(=O)Cc2ccccc2C1=O)c1ccccc1. The number of ether oxygens (including phenoxy) is 1. The summed E-state index contributed by atoms with van der Waals surface area (Å²) in [4.78, 5) is 50.0. The van der Waals surface area contributed by atoms with Gasteiger partial charge in [-0.15, -0.1) is 0 Å². The van der Waals surface area contributed by atoms with E-state index in [0.717, 1.165) is 23.3 Å². The molecule has 0 saturated heterocycles. The maximum atomic E-state index is 12.5. The van der Waals surface area contributed by atoms with E-state index in [9.17, 15) is 19.2 Å². The van der Waals surface area contributed by atoms with Crippen LogP contribution in [0.3, 0.4) is 0 Å². The van der Waals surface area contributed by atoms with Crippen LogP contribution in [0.2, 0.25) is 0 Å². The summed E-state index contributed by atoms with van der Waals surface area (Å²) in [5, 5.41) is 2.86. The molecule has 0 saturated carbocycles. The summed E-state index contributed by atoms with van der Waals surface area (Å²) in [5.74, 6) is -2.24. The molecule has 3 rings (SSSR count). The van der Waals surface area contributed by atoms with Gasteiger partial charge >= 0.3 is 5.97 Å². The Morgan fingerprint density at radius 3 is 2.50 bits per heavy atom. The van der Waals surface area contributed by atoms with Crippen molar-refractivity contribution in [3.8, 4) is 0 Å². The first-order chi connectivity index (χ1) is 14.5. The summed E-state index contributed by atoms with van der Waals surface area (Å²) < 4.78 is 5.01. The first-order valence-electron chi connectivity index (χ1n) is 9.92. The topological polar surface area (TPSA) is 92.8 Å². The lowest BCUT2D eigenvalue weighted by Crippen LogP contribution is -2.45. The zero-order valence-corrected chi connectivity index (χ0v) is 16.8. The maximum Gasteiger partial charge on any atom is 0.326 e. The third-order valence-corrected chi connectivity index (χ3v) is 4.90. The van der Waals surface area contributed by atoms with Gasteiger partial charge in [-0.3, -0.25) is 24.1 Å². The number of fused-ring (bicyclic) bond motifs is 1. The van der Waals surface area contributed by atoms with Crippen LogP contribution < -0.4 is 5.32 Å². The second kappa shape index (κ2) is 9.82. The molecule has 1 atom stereocenters. The maximum absolute atomic E-state index is 12.5. The second-order valence-electron chi connectivity index (χ2n) is 7.10. The van der Waals surface area contributed by atoms with Gasteiger partial charge in [0.25, 0.3) is 11.8 Å². The van der Waals surface area contributed by atoms with Crippen LogP contribution in [0.15, 0.2) is 54.6 Å². The number of esters is 1. The average molecular weight is 408 g/mol. The summed E-state index contributed by atoms with van der Waals surface area (Å²) >= 11 is 0. The van der Waals surface area contributed by atoms with Crippen molar-refractivity contribution in [2.75, 3.05) is 13.2 Å². The van der Waals surface area contributed by atoms with E-state index >= 15 is 0 Å². The van der Waals surface area contributed by atoms with Crippen molar-refractivity contribution in [2.24, 2.45) is 0 Å². The Kier molecular flexibility index (Phi) is 6.95. The molecular formula is C23H24N2O5. The lowest BCUT2D eigenvalue weighted by molar-refractivity contribution is -0.151. The molecule has 30 heavy (non-hydrogen) atoms. The van der Waals surface area contributed by atoms with Crippen LogP contribution >= 0.6 is 0 Å². The van der Waals surface area contributed by atoms with Crippen molar-refractivity contribution in [3.63, 3.8) is 0 Å². The summed E-state index contributed by atoms with van der Waals surface area (Å²) in [6, 6.07) is 16.2. The van der Waals surface area contributed by atoms with E-state index < -0.39 is 36.8 Å². The molecule has 0 aliphatic carbocycles. The smallest absolute Gasteiger partial charge is 0.326 e. The zero-order valence-electron chi connectivity index (χ0n) is 16.8. The first-order valence-corrected chi connectivity index (χ1v) is 9.92. The van der Waals surface area contributed by atoms with Gasteiger partial charge in [-0.2, -0.15) is 0 Å². The van der Waals surface area contributed by atoms with Crippen molar-refractivity contribution in [1.29, 1.82) is 0 Å². The molecule has 0 fully saturated rings. The van der Waals surface area contributed by atoms with Gasteiger partial charge in [-0.1, -0.05) is 61.9 Å². The number of carbonyl (C=O) groups is 4. The predicted molar refractivity (Wildman–Crippen MR) is 109 cm³/mol. The number of benzene rings is 2. The number of amides is 3. The minimum Gasteiger partial charge on any atom is -0.454 e. The molecule has 0 aromatic heterocycles. The van der Waals surface area contributed by atoms with Crippen molar-refractivity contribution in [3.05, 3.63) is 71.3 Å². The molecule has 7 nitrogen and oxygen atoms in total. The van der Waals surface area contributed by atoms with Crippen LogP contribution in [0, 0.1) is 0 Å². The average Bonchev–Trinajstić information content (AvgIpc) is 2.75. The molecule has 0 bridgehead atoms. The van der Waals surface area contributed by atoms with Crippen molar-refractivity contribution in [2.45, 2.75) is 32.2 Å². The van der Waals surface area contributed by atoms with E-state index in [2.05, 4.69) is 5.32 Å². The number of hydrogen-bond acceptors (Lipinski definition) is 5. The number of nitrogens with zero attached hydrogens (tertiary/aromatic N) is 1. The van der Waals surface area contributed by atoms with Crippen LogP contribution in [0.5, 0.6) is 0 Å². The fourth-order valence-corrected chi connectivity index (χ4v) is 3.41. The minimum absolute atomic E-state index is 0.0471. The Labute approximate surface area is 175 Å². The van der Waals surface area contributed by atoms with E-state index in [1.54, 1.807) is 24.3 Å². The fraction of sp³-hybridized carbons (Fsp3) is 0.304. The highest BCUT2D eigenvalue weighted by Crippen LogP contribution is 2.20. The Morgan fingerprint density at radius 1 is 1.07 bits per heavy atom. The van der Waals surface area contributed by atoms with Crippen LogP contribution in [-0.2, 0) is 25.5 Å². The Morgan fingerprint density at radius 2 is 1.77 bits per heavy atom. The van der Waals surface area contributed by atoms with E-state index in [4.69, 9.17) is 4.74 Å². The molecule has 1 aliphatic heterocycles. The standard InChI is InChI=1S/C23H24N2O5/c1-2-8-19(16-9-4-3-5-10-16)24-20(26)15-30-22(28)14-25-21(27)13-17-11-6-7-12-18(17)23(25)29/h3-7,9-12,19H,2,8,13-15H2,1H3,(H,24,26)/t19-/m0/s1. The summed E-state index contributed by atoms with van der Waals surface area (Å²) in [5.41, 5.74) is 2.01. The van der Waals surface area contributed by atoms with Gasteiger partial charge in [0.2, 0.25) is 5.91 Å². The molecule has 2 aromatic carbocycles. The molecule has 0 unspecified atom stereocenters. The number of hydrogen-bond donors (Lipinski definition) is 1. The lowest BCUT2D eigenvalue weighted by Gasteiger charge is -2.25. The zero-order chi connectivity index (χ0) is 21.5. The molecule has 7 heteroatoms. The predicted octanol–water partition coefficient (Wildman–Crippen LogP) is 2.41. The molecule has 3 amide bonds. The Balaban J connectivity index is 1.53. The van der Waals surface area contributed by atoms with E-state index in [0.29, 0.717) is 11.1 Å². The molecule has 0 spiro atoms. The van der Waals surface area contributed by atoms with Gasteiger partial charge in [0.15, 0.2) is 6.61 Å². The van der Waals surface area contributed by atoms with Gasteiger partial charge in [-0.25, -0.2) is 0 Å². The van der Waals surface area contributed by atoms with E-state index in [1.807, 2.05) is 37.3 Å². The highest BCUT2D eigenvalue weighted by Gasteiger charge is 2.32. The summed E-state index contributed by atoms with van der Waals surface area (Å²) in [7, 11) is 0. The van der Waals surface area contributed by atoms with Gasteiger partial charge in [-0.05, 0) is 23.6 Å². The largest absolute Gasteiger partial charge is 0.454 e. The minimum atomic E-state index is -0.807. The Hall–Kier alpha value is -3.48. The van der Waals surface area contributed by atoms with Gasteiger partial charge in [0.05, 0.1) is 12.5 Å². The number of imide groups is 1. The molecule has 156 valence electrons. The number of carbonyl (C=O) groups excluding carboxylic acids is 4. The van der Waals surface area contributed by atoms with Crippen LogP contribution in [-0.4, -0.2) is 41.7 Å². The summed E-state index contributed by atoms with van der Waals surface area (Å²) in [6.07, 6.45) is 1.67. The van der Waals surface area contributed by atoms with Crippen molar-refractivity contribution < 1.29 is 23.9 Å². The Bertz CT molecular complexity index is 942. The van der Waals surface area contributed by atoms with Crippen LogP contribution in [0.25, 0.3) is 0 Å². The molecule has 2 aromatic rings. The van der Waals surface area contributed by atoms with Crippen LogP contribution in [0.1, 0.15) is 47.3 Å². The third kappa shape index (κ3) is 5.11. The van der Waals surface area contributed by atoms with E-state index in [-0.39, 0.29) is 12.5 Å². The normalized spacial score (nSPS) is 14.1. The molecule has 1 aliphatic rings. The van der Waals surface area contributed by atoms with Crippen molar-refractivity contribution in [1.82, 2.24) is 10.2 Å². The highest BCUT2D eigenvalue weighted by molar-refractivity contribution is 6.11. The second-order valence-corrected chi connectivity index (χ2v) is 7.10. The first kappa shape index (κ1) is 21.2. The van der Waals surface area contributed by atoms with Gasteiger partial charge < -0.3 is 10.1 Å². The lowest BCUT2D eigenvalue weighted by atomic mass is 9.98. The van der Waals surface area contributed by atoms with Crippen LogP contribution in [0.4, 0.5) is 0 Å². The quantitative estimate of drug-likeness (QED) is 0.535. The number of rotatable bonds is 8. The molecular weight excluding hydrogens is 384 g/mol. The van der Waals surface area contributed by atoms with Crippen molar-refractivity contribution >= 4 is 23.7 Å². The number of nitrogens with one attached hydrogen (secondary N) is 1. The highest BCUT2D eigenvalue weighted by atomic mass is 16.5. The molecule has 1 N–H and O–H groups in total. The molecule has 1 heterocycles.